The van der Waals surface area contributed by atoms with Crippen molar-refractivity contribution in [3.63, 3.8) is 0 Å². The summed E-state index contributed by atoms with van der Waals surface area (Å²) in [5, 5.41) is 6.51. The zero-order valence-corrected chi connectivity index (χ0v) is 11.9. The molecule has 2 atom stereocenters. The second-order valence-corrected chi connectivity index (χ2v) is 5.92. The number of nitrogens with one attached hydrogen (secondary N) is 2. The van der Waals surface area contributed by atoms with E-state index in [4.69, 9.17) is 4.74 Å². The molecule has 0 saturated heterocycles. The van der Waals surface area contributed by atoms with E-state index in [-0.39, 0.29) is 12.5 Å². The smallest absolute Gasteiger partial charge is 0.262 e. The van der Waals surface area contributed by atoms with Gasteiger partial charge in [-0.1, -0.05) is 25.8 Å². The van der Waals surface area contributed by atoms with Crippen molar-refractivity contribution in [1.29, 1.82) is 0 Å². The third-order valence-electron chi connectivity index (χ3n) is 4.36. The number of ether oxygens (including phenoxy) is 1. The van der Waals surface area contributed by atoms with Crippen LogP contribution in [0.3, 0.4) is 0 Å². The van der Waals surface area contributed by atoms with Crippen molar-refractivity contribution >= 4 is 11.6 Å². The Kier molecular flexibility index (Phi) is 3.92. The van der Waals surface area contributed by atoms with E-state index in [9.17, 15) is 4.79 Å². The summed E-state index contributed by atoms with van der Waals surface area (Å²) in [4.78, 5) is 11.3. The van der Waals surface area contributed by atoms with Crippen molar-refractivity contribution < 1.29 is 9.53 Å². The minimum Gasteiger partial charge on any atom is -0.482 e. The maximum atomic E-state index is 11.3. The molecule has 4 heteroatoms. The minimum atomic E-state index is -0.0801. The third-order valence-corrected chi connectivity index (χ3v) is 4.36. The predicted molar refractivity (Wildman–Crippen MR) is 78.8 cm³/mol. The number of anilines is 1. The normalized spacial score (nSPS) is 25.6. The van der Waals surface area contributed by atoms with Gasteiger partial charge in [-0.3, -0.25) is 4.79 Å². The Morgan fingerprint density at radius 2 is 2.20 bits per heavy atom. The Balaban J connectivity index is 1.63. The molecule has 1 heterocycles. The van der Waals surface area contributed by atoms with Gasteiger partial charge in [0.2, 0.25) is 0 Å². The Morgan fingerprint density at radius 1 is 1.35 bits per heavy atom. The Labute approximate surface area is 119 Å². The molecule has 20 heavy (non-hydrogen) atoms. The topological polar surface area (TPSA) is 50.4 Å². The molecule has 0 aromatic heterocycles. The molecule has 108 valence electrons. The van der Waals surface area contributed by atoms with E-state index < -0.39 is 0 Å². The molecule has 1 amide bonds. The van der Waals surface area contributed by atoms with Gasteiger partial charge in [0, 0.05) is 12.6 Å². The molecule has 2 N–H and O–H groups in total. The summed E-state index contributed by atoms with van der Waals surface area (Å²) in [5.74, 6) is 1.44. The van der Waals surface area contributed by atoms with Crippen LogP contribution in [0.4, 0.5) is 5.69 Å². The van der Waals surface area contributed by atoms with Crippen LogP contribution in [-0.4, -0.2) is 18.6 Å². The molecule has 1 aliphatic carbocycles. The lowest BCUT2D eigenvalue weighted by atomic mass is 9.86. The number of hydrogen-bond acceptors (Lipinski definition) is 3. The van der Waals surface area contributed by atoms with Crippen LogP contribution < -0.4 is 15.4 Å². The van der Waals surface area contributed by atoms with Gasteiger partial charge in [0.1, 0.15) is 5.75 Å². The first-order valence-corrected chi connectivity index (χ1v) is 7.51. The molecule has 0 bridgehead atoms. The fraction of sp³-hybridized carbons (Fsp3) is 0.562. The zero-order valence-electron chi connectivity index (χ0n) is 11.9. The fourth-order valence-corrected chi connectivity index (χ4v) is 3.11. The highest BCUT2D eigenvalue weighted by Crippen LogP contribution is 2.29. The lowest BCUT2D eigenvalue weighted by Gasteiger charge is -2.29. The Hall–Kier alpha value is -1.55. The second-order valence-electron chi connectivity index (χ2n) is 5.92. The maximum absolute atomic E-state index is 11.3. The molecular formula is C16H22N2O2. The molecule has 2 unspecified atom stereocenters. The number of amides is 1. The highest BCUT2D eigenvalue weighted by Gasteiger charge is 2.21. The lowest BCUT2D eigenvalue weighted by molar-refractivity contribution is -0.118. The average molecular weight is 274 g/mol. The molecule has 0 spiro atoms. The van der Waals surface area contributed by atoms with Crippen molar-refractivity contribution in [2.75, 3.05) is 11.9 Å². The molecule has 1 saturated carbocycles. The third kappa shape index (κ3) is 2.96. The molecule has 1 aromatic rings. The molecule has 1 fully saturated rings. The van der Waals surface area contributed by atoms with Gasteiger partial charge in [0.25, 0.3) is 5.91 Å². The van der Waals surface area contributed by atoms with Crippen molar-refractivity contribution in [3.8, 4) is 5.75 Å². The SMILES string of the molecule is CC1CCCCC1NCc1ccc2c(c1)NC(=O)CO2. The van der Waals surface area contributed by atoms with Crippen LogP contribution in [0.1, 0.15) is 38.2 Å². The van der Waals surface area contributed by atoms with Gasteiger partial charge in [-0.15, -0.1) is 0 Å². The lowest BCUT2D eigenvalue weighted by Crippen LogP contribution is -2.36. The number of carbonyl (C=O) groups excluding carboxylic acids is 1. The van der Waals surface area contributed by atoms with Crippen molar-refractivity contribution in [3.05, 3.63) is 23.8 Å². The first-order valence-electron chi connectivity index (χ1n) is 7.51. The summed E-state index contributed by atoms with van der Waals surface area (Å²) in [7, 11) is 0. The highest BCUT2D eigenvalue weighted by molar-refractivity contribution is 5.95. The predicted octanol–water partition coefficient (Wildman–Crippen LogP) is 2.69. The summed E-state index contributed by atoms with van der Waals surface area (Å²) in [6.07, 6.45) is 5.29. The van der Waals surface area contributed by atoms with E-state index >= 15 is 0 Å². The molecule has 1 aromatic carbocycles. The van der Waals surface area contributed by atoms with Gasteiger partial charge in [-0.2, -0.15) is 0 Å². The van der Waals surface area contributed by atoms with Crippen LogP contribution in [0.15, 0.2) is 18.2 Å². The summed E-state index contributed by atoms with van der Waals surface area (Å²) in [6, 6.07) is 6.63. The number of carbonyl (C=O) groups is 1. The van der Waals surface area contributed by atoms with E-state index in [2.05, 4.69) is 23.6 Å². The van der Waals surface area contributed by atoms with Gasteiger partial charge in [-0.25, -0.2) is 0 Å². The van der Waals surface area contributed by atoms with E-state index in [1.54, 1.807) is 0 Å². The molecular weight excluding hydrogens is 252 g/mol. The van der Waals surface area contributed by atoms with Crippen LogP contribution in [0.25, 0.3) is 0 Å². The summed E-state index contributed by atoms with van der Waals surface area (Å²) < 4.78 is 5.37. The van der Waals surface area contributed by atoms with Gasteiger partial charge in [0.05, 0.1) is 5.69 Å². The van der Waals surface area contributed by atoms with Crippen LogP contribution in [-0.2, 0) is 11.3 Å². The van der Waals surface area contributed by atoms with Crippen molar-refractivity contribution in [1.82, 2.24) is 5.32 Å². The number of hydrogen-bond donors (Lipinski definition) is 2. The summed E-state index contributed by atoms with van der Waals surface area (Å²) in [6.45, 7) is 3.29. The van der Waals surface area contributed by atoms with Gasteiger partial charge in [-0.05, 0) is 36.5 Å². The van der Waals surface area contributed by atoms with Crippen LogP contribution >= 0.6 is 0 Å². The van der Waals surface area contributed by atoms with Gasteiger partial charge < -0.3 is 15.4 Å². The van der Waals surface area contributed by atoms with Gasteiger partial charge in [0.15, 0.2) is 6.61 Å². The monoisotopic (exact) mass is 274 g/mol. The molecule has 3 rings (SSSR count). The van der Waals surface area contributed by atoms with E-state index in [0.29, 0.717) is 6.04 Å². The average Bonchev–Trinajstić information content (AvgIpc) is 2.46. The first kappa shape index (κ1) is 13.4. The van der Waals surface area contributed by atoms with E-state index in [1.165, 1.54) is 31.2 Å². The largest absolute Gasteiger partial charge is 0.482 e. The van der Waals surface area contributed by atoms with Crippen LogP contribution in [0.5, 0.6) is 5.75 Å². The number of fused-ring (bicyclic) bond motifs is 1. The number of rotatable bonds is 3. The van der Waals surface area contributed by atoms with Gasteiger partial charge >= 0.3 is 0 Å². The summed E-state index contributed by atoms with van der Waals surface area (Å²) >= 11 is 0. The quantitative estimate of drug-likeness (QED) is 0.891. The maximum Gasteiger partial charge on any atom is 0.262 e. The second kappa shape index (κ2) is 5.83. The first-order chi connectivity index (χ1) is 9.72. The van der Waals surface area contributed by atoms with Crippen molar-refractivity contribution in [2.45, 2.75) is 45.2 Å². The van der Waals surface area contributed by atoms with Crippen LogP contribution in [0.2, 0.25) is 0 Å². The molecule has 0 radical (unpaired) electrons. The molecule has 2 aliphatic rings. The standard InChI is InChI=1S/C16H22N2O2/c1-11-4-2-3-5-13(11)17-9-12-6-7-15-14(8-12)18-16(19)10-20-15/h6-8,11,13,17H,2-5,9-10H2,1H3,(H,18,19). The molecule has 4 nitrogen and oxygen atoms in total. The van der Waals surface area contributed by atoms with E-state index in [0.717, 1.165) is 23.9 Å². The minimum absolute atomic E-state index is 0.0801. The van der Waals surface area contributed by atoms with Crippen molar-refractivity contribution in [2.24, 2.45) is 5.92 Å². The Morgan fingerprint density at radius 3 is 3.05 bits per heavy atom. The highest BCUT2D eigenvalue weighted by atomic mass is 16.5. The van der Waals surface area contributed by atoms with Crippen LogP contribution in [0, 0.1) is 5.92 Å². The fourth-order valence-electron chi connectivity index (χ4n) is 3.11. The summed E-state index contributed by atoms with van der Waals surface area (Å²) in [5.41, 5.74) is 1.98. The van der Waals surface area contributed by atoms with E-state index in [1.807, 2.05) is 12.1 Å². The zero-order chi connectivity index (χ0) is 13.9. The molecule has 1 aliphatic heterocycles. The number of benzene rings is 1. The Bertz CT molecular complexity index is 501.